The van der Waals surface area contributed by atoms with Gasteiger partial charge >= 0.3 is 0 Å². The topological polar surface area (TPSA) is 41.1 Å². The molecule has 0 fully saturated rings. The SMILES string of the molecule is CCNCCNC(=O)C(C)(C)c1ccc(C)cc1.Cl. The molecule has 2 N–H and O–H groups in total. The number of likely N-dealkylation sites (N-methyl/N-ethyl adjacent to an activating group) is 1. The summed E-state index contributed by atoms with van der Waals surface area (Å²) in [5.41, 5.74) is 1.77. The Morgan fingerprint density at radius 1 is 1.16 bits per heavy atom. The van der Waals surface area contributed by atoms with Gasteiger partial charge in [0, 0.05) is 13.1 Å². The maximum Gasteiger partial charge on any atom is 0.230 e. The van der Waals surface area contributed by atoms with Crippen molar-refractivity contribution in [3.8, 4) is 0 Å². The van der Waals surface area contributed by atoms with Crippen LogP contribution in [0.4, 0.5) is 0 Å². The number of hydrogen-bond donors (Lipinski definition) is 2. The Kier molecular flexibility index (Phi) is 7.72. The van der Waals surface area contributed by atoms with Gasteiger partial charge in [-0.25, -0.2) is 0 Å². The molecule has 3 nitrogen and oxygen atoms in total. The van der Waals surface area contributed by atoms with Crippen LogP contribution in [0.5, 0.6) is 0 Å². The molecule has 1 rings (SSSR count). The third kappa shape index (κ3) is 5.21. The molecule has 0 aromatic heterocycles. The maximum atomic E-state index is 12.2. The van der Waals surface area contributed by atoms with E-state index in [4.69, 9.17) is 0 Å². The van der Waals surface area contributed by atoms with Gasteiger partial charge in [0.05, 0.1) is 5.41 Å². The summed E-state index contributed by atoms with van der Waals surface area (Å²) in [5.74, 6) is 0.0734. The Morgan fingerprint density at radius 2 is 1.74 bits per heavy atom. The van der Waals surface area contributed by atoms with Crippen LogP contribution in [0.15, 0.2) is 24.3 Å². The molecule has 1 amide bonds. The maximum absolute atomic E-state index is 12.2. The van der Waals surface area contributed by atoms with Crippen LogP contribution >= 0.6 is 12.4 Å². The van der Waals surface area contributed by atoms with Gasteiger partial charge in [-0.05, 0) is 32.9 Å². The second-order valence-electron chi connectivity index (χ2n) is 5.10. The monoisotopic (exact) mass is 284 g/mol. The molecular formula is C15H25ClN2O. The number of aryl methyl sites for hydroxylation is 1. The summed E-state index contributed by atoms with van der Waals surface area (Å²) in [7, 11) is 0. The van der Waals surface area contributed by atoms with Crippen molar-refractivity contribution in [1.82, 2.24) is 10.6 Å². The molecule has 1 aromatic carbocycles. The molecule has 0 atom stereocenters. The summed E-state index contributed by atoms with van der Waals surface area (Å²) < 4.78 is 0. The summed E-state index contributed by atoms with van der Waals surface area (Å²) >= 11 is 0. The van der Waals surface area contributed by atoms with Gasteiger partial charge in [-0.2, -0.15) is 0 Å². The third-order valence-electron chi connectivity index (χ3n) is 3.18. The van der Waals surface area contributed by atoms with E-state index in [1.165, 1.54) is 5.56 Å². The van der Waals surface area contributed by atoms with Crippen molar-refractivity contribution in [2.75, 3.05) is 19.6 Å². The molecule has 0 saturated carbocycles. The summed E-state index contributed by atoms with van der Waals surface area (Å²) in [6.45, 7) is 10.4. The van der Waals surface area contributed by atoms with Crippen LogP contribution in [0.1, 0.15) is 31.9 Å². The van der Waals surface area contributed by atoms with Crippen LogP contribution in [0, 0.1) is 6.92 Å². The van der Waals surface area contributed by atoms with Crippen LogP contribution in [-0.2, 0) is 10.2 Å². The smallest absolute Gasteiger partial charge is 0.230 e. The highest BCUT2D eigenvalue weighted by Gasteiger charge is 2.29. The Hall–Kier alpha value is -1.06. The van der Waals surface area contributed by atoms with Crippen molar-refractivity contribution in [1.29, 1.82) is 0 Å². The van der Waals surface area contributed by atoms with Crippen molar-refractivity contribution in [3.63, 3.8) is 0 Å². The van der Waals surface area contributed by atoms with Gasteiger partial charge in [0.25, 0.3) is 0 Å². The first-order valence-electron chi connectivity index (χ1n) is 6.54. The van der Waals surface area contributed by atoms with Gasteiger partial charge in [0.1, 0.15) is 0 Å². The summed E-state index contributed by atoms with van der Waals surface area (Å²) in [6, 6.07) is 8.14. The molecule has 0 heterocycles. The number of hydrogen-bond acceptors (Lipinski definition) is 2. The van der Waals surface area contributed by atoms with E-state index in [1.807, 2.05) is 45.0 Å². The minimum atomic E-state index is -0.486. The molecular weight excluding hydrogens is 260 g/mol. The highest BCUT2D eigenvalue weighted by molar-refractivity contribution is 5.87. The summed E-state index contributed by atoms with van der Waals surface area (Å²) in [5, 5.41) is 6.16. The normalized spacial score (nSPS) is 10.7. The van der Waals surface area contributed by atoms with Gasteiger partial charge in [-0.15, -0.1) is 12.4 Å². The second kappa shape index (κ2) is 8.18. The summed E-state index contributed by atoms with van der Waals surface area (Å²) in [4.78, 5) is 12.2. The van der Waals surface area contributed by atoms with Crippen molar-refractivity contribution in [2.45, 2.75) is 33.1 Å². The van der Waals surface area contributed by atoms with Gasteiger partial charge in [0.2, 0.25) is 5.91 Å². The van der Waals surface area contributed by atoms with Crippen LogP contribution in [-0.4, -0.2) is 25.5 Å². The zero-order valence-electron chi connectivity index (χ0n) is 12.2. The Bertz CT molecular complexity index is 388. The number of amides is 1. The molecule has 0 spiro atoms. The molecule has 1 aromatic rings. The minimum Gasteiger partial charge on any atom is -0.354 e. The van der Waals surface area contributed by atoms with Gasteiger partial charge in [-0.3, -0.25) is 4.79 Å². The first-order chi connectivity index (χ1) is 8.48. The molecule has 108 valence electrons. The highest BCUT2D eigenvalue weighted by atomic mass is 35.5. The summed E-state index contributed by atoms with van der Waals surface area (Å²) in [6.07, 6.45) is 0. The molecule has 0 aliphatic heterocycles. The number of benzene rings is 1. The predicted octanol–water partition coefficient (Wildman–Crippen LogP) is 2.42. The zero-order chi connectivity index (χ0) is 13.6. The van der Waals surface area contributed by atoms with Crippen LogP contribution < -0.4 is 10.6 Å². The van der Waals surface area contributed by atoms with E-state index in [2.05, 4.69) is 17.6 Å². The van der Waals surface area contributed by atoms with E-state index in [0.717, 1.165) is 18.7 Å². The molecule has 0 aliphatic rings. The Balaban J connectivity index is 0.00000324. The quantitative estimate of drug-likeness (QED) is 0.788. The van der Waals surface area contributed by atoms with E-state index >= 15 is 0 Å². The van der Waals surface area contributed by atoms with E-state index in [1.54, 1.807) is 0 Å². The van der Waals surface area contributed by atoms with Gasteiger partial charge in [-0.1, -0.05) is 36.8 Å². The number of halogens is 1. The Morgan fingerprint density at radius 3 is 2.26 bits per heavy atom. The molecule has 0 aliphatic carbocycles. The third-order valence-corrected chi connectivity index (χ3v) is 3.18. The number of carbonyl (C=O) groups is 1. The van der Waals surface area contributed by atoms with E-state index in [0.29, 0.717) is 6.54 Å². The van der Waals surface area contributed by atoms with Crippen molar-refractivity contribution in [2.24, 2.45) is 0 Å². The fourth-order valence-corrected chi connectivity index (χ4v) is 1.76. The number of nitrogens with one attached hydrogen (secondary N) is 2. The average molecular weight is 285 g/mol. The van der Waals surface area contributed by atoms with Crippen LogP contribution in [0.2, 0.25) is 0 Å². The van der Waals surface area contributed by atoms with Crippen molar-refractivity contribution in [3.05, 3.63) is 35.4 Å². The van der Waals surface area contributed by atoms with Crippen LogP contribution in [0.25, 0.3) is 0 Å². The van der Waals surface area contributed by atoms with E-state index < -0.39 is 5.41 Å². The molecule has 0 saturated heterocycles. The Labute approximate surface area is 122 Å². The average Bonchev–Trinajstić information content (AvgIpc) is 2.35. The fourth-order valence-electron chi connectivity index (χ4n) is 1.76. The lowest BCUT2D eigenvalue weighted by Crippen LogP contribution is -2.42. The minimum absolute atomic E-state index is 0. The van der Waals surface area contributed by atoms with Gasteiger partial charge in [0.15, 0.2) is 0 Å². The van der Waals surface area contributed by atoms with Crippen molar-refractivity contribution >= 4 is 18.3 Å². The fraction of sp³-hybridized carbons (Fsp3) is 0.533. The zero-order valence-corrected chi connectivity index (χ0v) is 13.1. The molecule has 0 unspecified atom stereocenters. The van der Waals surface area contributed by atoms with Crippen LogP contribution in [0.3, 0.4) is 0 Å². The molecule has 0 bridgehead atoms. The van der Waals surface area contributed by atoms with E-state index in [-0.39, 0.29) is 18.3 Å². The first-order valence-corrected chi connectivity index (χ1v) is 6.54. The highest BCUT2D eigenvalue weighted by Crippen LogP contribution is 2.23. The largest absolute Gasteiger partial charge is 0.354 e. The van der Waals surface area contributed by atoms with E-state index in [9.17, 15) is 4.79 Å². The second-order valence-corrected chi connectivity index (χ2v) is 5.10. The molecule has 4 heteroatoms. The molecule has 0 radical (unpaired) electrons. The lowest BCUT2D eigenvalue weighted by molar-refractivity contribution is -0.125. The van der Waals surface area contributed by atoms with Gasteiger partial charge < -0.3 is 10.6 Å². The number of carbonyl (C=O) groups excluding carboxylic acids is 1. The first kappa shape index (κ1) is 17.9. The lowest BCUT2D eigenvalue weighted by atomic mass is 9.83. The standard InChI is InChI=1S/C15H24N2O.ClH/c1-5-16-10-11-17-14(18)15(3,4)13-8-6-12(2)7-9-13;/h6-9,16H,5,10-11H2,1-4H3,(H,17,18);1H. The van der Waals surface area contributed by atoms with Crippen molar-refractivity contribution < 1.29 is 4.79 Å². The predicted molar refractivity (Wildman–Crippen MR) is 83.0 cm³/mol. The molecule has 19 heavy (non-hydrogen) atoms. The number of rotatable bonds is 6. The lowest BCUT2D eigenvalue weighted by Gasteiger charge is -2.24.